The molecule has 2 aromatic rings. The van der Waals surface area contributed by atoms with E-state index < -0.39 is 0 Å². The number of H-pyrrole nitrogens is 1. The van der Waals surface area contributed by atoms with E-state index in [9.17, 15) is 4.79 Å². The van der Waals surface area contributed by atoms with Gasteiger partial charge in [0.05, 0.1) is 24.1 Å². The van der Waals surface area contributed by atoms with Gasteiger partial charge >= 0.3 is 0 Å². The van der Waals surface area contributed by atoms with Crippen LogP contribution in [0.3, 0.4) is 0 Å². The first-order chi connectivity index (χ1) is 8.04. The number of nitrogen functional groups attached to an aromatic ring is 1. The summed E-state index contributed by atoms with van der Waals surface area (Å²) in [6.45, 7) is 0.747. The number of carbonyl (C=O) groups excluding carboxylic acids is 1. The second-order valence-corrected chi connectivity index (χ2v) is 4.10. The first-order valence-electron chi connectivity index (χ1n) is 5.25. The molecule has 0 aliphatic heterocycles. The maximum absolute atomic E-state index is 10.8. The second kappa shape index (κ2) is 4.42. The molecule has 1 aromatic carbocycles. The largest absolute Gasteiger partial charge is 0.399 e. The van der Waals surface area contributed by atoms with Crippen molar-refractivity contribution >= 4 is 22.6 Å². The number of amides is 1. The molecule has 6 nitrogen and oxygen atoms in total. The molecule has 0 atom stereocenters. The summed E-state index contributed by atoms with van der Waals surface area (Å²) in [5.41, 5.74) is 13.2. The number of rotatable bonds is 4. The molecule has 1 amide bonds. The molecule has 2 rings (SSSR count). The lowest BCUT2D eigenvalue weighted by Gasteiger charge is -2.11. The number of carbonyl (C=O) groups is 1. The highest BCUT2D eigenvalue weighted by molar-refractivity contribution is 5.78. The molecular formula is C11H15N5O. The Hall–Kier alpha value is -2.08. The summed E-state index contributed by atoms with van der Waals surface area (Å²) in [4.78, 5) is 20.1. The van der Waals surface area contributed by atoms with Crippen molar-refractivity contribution in [2.75, 3.05) is 19.3 Å². The van der Waals surface area contributed by atoms with E-state index in [1.807, 2.05) is 19.2 Å². The van der Waals surface area contributed by atoms with E-state index in [4.69, 9.17) is 11.5 Å². The van der Waals surface area contributed by atoms with Crippen molar-refractivity contribution < 1.29 is 4.79 Å². The molecule has 1 heterocycles. The van der Waals surface area contributed by atoms with Crippen molar-refractivity contribution in [2.45, 2.75) is 6.54 Å². The summed E-state index contributed by atoms with van der Waals surface area (Å²) < 4.78 is 0. The fraction of sp³-hybridized carbons (Fsp3) is 0.273. The van der Waals surface area contributed by atoms with Crippen LogP contribution in [-0.4, -0.2) is 34.4 Å². The highest BCUT2D eigenvalue weighted by Gasteiger charge is 2.07. The molecule has 6 heteroatoms. The Bertz CT molecular complexity index is 548. The number of aromatic amines is 1. The SMILES string of the molecule is CN(CC(N)=O)Cc1nc2ccc(N)cc2[nH]1. The Morgan fingerprint density at radius 3 is 3.00 bits per heavy atom. The van der Waals surface area contributed by atoms with Gasteiger partial charge in [0.25, 0.3) is 0 Å². The van der Waals surface area contributed by atoms with Gasteiger partial charge in [-0.25, -0.2) is 4.98 Å². The van der Waals surface area contributed by atoms with Crippen LogP contribution in [0.15, 0.2) is 18.2 Å². The number of anilines is 1. The van der Waals surface area contributed by atoms with Crippen molar-refractivity contribution in [1.82, 2.24) is 14.9 Å². The zero-order valence-corrected chi connectivity index (χ0v) is 9.60. The Morgan fingerprint density at radius 2 is 2.29 bits per heavy atom. The molecule has 0 saturated heterocycles. The first-order valence-corrected chi connectivity index (χ1v) is 5.25. The second-order valence-electron chi connectivity index (χ2n) is 4.10. The van der Waals surface area contributed by atoms with Gasteiger partial charge in [-0.15, -0.1) is 0 Å². The topological polar surface area (TPSA) is 101 Å². The van der Waals surface area contributed by atoms with Gasteiger partial charge in [-0.3, -0.25) is 9.69 Å². The molecule has 5 N–H and O–H groups in total. The van der Waals surface area contributed by atoms with Crippen LogP contribution in [0.2, 0.25) is 0 Å². The van der Waals surface area contributed by atoms with E-state index in [2.05, 4.69) is 9.97 Å². The van der Waals surface area contributed by atoms with Crippen molar-refractivity contribution in [2.24, 2.45) is 5.73 Å². The average Bonchev–Trinajstić information content (AvgIpc) is 2.57. The molecule has 0 radical (unpaired) electrons. The molecular weight excluding hydrogens is 218 g/mol. The number of aromatic nitrogens is 2. The minimum atomic E-state index is -0.354. The fourth-order valence-corrected chi connectivity index (χ4v) is 1.73. The third kappa shape index (κ3) is 2.73. The summed E-state index contributed by atoms with van der Waals surface area (Å²) in [6.07, 6.45) is 0. The highest BCUT2D eigenvalue weighted by Crippen LogP contribution is 2.15. The van der Waals surface area contributed by atoms with Gasteiger partial charge in [-0.1, -0.05) is 0 Å². The Balaban J connectivity index is 2.16. The van der Waals surface area contributed by atoms with Gasteiger partial charge in [-0.2, -0.15) is 0 Å². The normalized spacial score (nSPS) is 11.2. The molecule has 17 heavy (non-hydrogen) atoms. The number of likely N-dealkylation sites (N-methyl/N-ethyl adjacent to an activating group) is 1. The maximum atomic E-state index is 10.8. The molecule has 0 fully saturated rings. The van der Waals surface area contributed by atoms with Crippen molar-refractivity contribution in [3.63, 3.8) is 0 Å². The Kier molecular flexibility index (Phi) is 2.97. The molecule has 0 spiro atoms. The highest BCUT2D eigenvalue weighted by atomic mass is 16.1. The molecule has 0 saturated carbocycles. The van der Waals surface area contributed by atoms with E-state index in [0.29, 0.717) is 12.2 Å². The third-order valence-corrected chi connectivity index (χ3v) is 2.40. The lowest BCUT2D eigenvalue weighted by atomic mass is 10.3. The minimum Gasteiger partial charge on any atom is -0.399 e. The zero-order chi connectivity index (χ0) is 12.4. The Morgan fingerprint density at radius 1 is 1.53 bits per heavy atom. The summed E-state index contributed by atoms with van der Waals surface area (Å²) >= 11 is 0. The van der Waals surface area contributed by atoms with Crippen LogP contribution in [-0.2, 0) is 11.3 Å². The predicted molar refractivity (Wildman–Crippen MR) is 66.0 cm³/mol. The predicted octanol–water partition coefficient (Wildman–Crippen LogP) is 0.0622. The monoisotopic (exact) mass is 233 g/mol. The van der Waals surface area contributed by atoms with Crippen molar-refractivity contribution in [3.8, 4) is 0 Å². The van der Waals surface area contributed by atoms with Gasteiger partial charge in [-0.05, 0) is 25.2 Å². The maximum Gasteiger partial charge on any atom is 0.231 e. The smallest absolute Gasteiger partial charge is 0.231 e. The van der Waals surface area contributed by atoms with Gasteiger partial charge in [0.1, 0.15) is 5.82 Å². The molecule has 0 aliphatic carbocycles. The third-order valence-electron chi connectivity index (χ3n) is 2.40. The van der Waals surface area contributed by atoms with Crippen molar-refractivity contribution in [3.05, 3.63) is 24.0 Å². The molecule has 0 unspecified atom stereocenters. The summed E-state index contributed by atoms with van der Waals surface area (Å²) in [7, 11) is 1.81. The first kappa shape index (κ1) is 11.4. The van der Waals surface area contributed by atoms with Gasteiger partial charge < -0.3 is 16.5 Å². The Labute approximate surface area is 98.6 Å². The molecule has 90 valence electrons. The van der Waals surface area contributed by atoms with E-state index in [-0.39, 0.29) is 12.5 Å². The zero-order valence-electron chi connectivity index (χ0n) is 9.60. The number of hydrogen-bond acceptors (Lipinski definition) is 4. The fourth-order valence-electron chi connectivity index (χ4n) is 1.73. The van der Waals surface area contributed by atoms with Crippen LogP contribution < -0.4 is 11.5 Å². The summed E-state index contributed by atoms with van der Waals surface area (Å²) in [6, 6.07) is 5.50. The summed E-state index contributed by atoms with van der Waals surface area (Å²) in [5.74, 6) is 0.433. The van der Waals surface area contributed by atoms with Gasteiger partial charge in [0, 0.05) is 5.69 Å². The molecule has 0 aliphatic rings. The molecule has 0 bridgehead atoms. The quantitative estimate of drug-likeness (QED) is 0.650. The van der Waals surface area contributed by atoms with Crippen LogP contribution in [0.1, 0.15) is 5.82 Å². The minimum absolute atomic E-state index is 0.208. The average molecular weight is 233 g/mol. The number of hydrogen-bond donors (Lipinski definition) is 3. The number of benzene rings is 1. The number of primary amides is 1. The summed E-state index contributed by atoms with van der Waals surface area (Å²) in [5, 5.41) is 0. The number of nitrogens with two attached hydrogens (primary N) is 2. The number of imidazole rings is 1. The van der Waals surface area contributed by atoms with E-state index >= 15 is 0 Å². The van der Waals surface area contributed by atoms with Crippen LogP contribution in [0.25, 0.3) is 11.0 Å². The van der Waals surface area contributed by atoms with Gasteiger partial charge in [0.15, 0.2) is 0 Å². The number of nitrogens with zero attached hydrogens (tertiary/aromatic N) is 2. The van der Waals surface area contributed by atoms with Crippen molar-refractivity contribution in [1.29, 1.82) is 0 Å². The number of nitrogens with one attached hydrogen (secondary N) is 1. The molecule has 1 aromatic heterocycles. The van der Waals surface area contributed by atoms with Gasteiger partial charge in [0.2, 0.25) is 5.91 Å². The lowest BCUT2D eigenvalue weighted by Crippen LogP contribution is -2.30. The van der Waals surface area contributed by atoms with E-state index in [1.54, 1.807) is 11.0 Å². The van der Waals surface area contributed by atoms with Crippen LogP contribution >= 0.6 is 0 Å². The van der Waals surface area contributed by atoms with Crippen LogP contribution in [0.4, 0.5) is 5.69 Å². The lowest BCUT2D eigenvalue weighted by molar-refractivity contribution is -0.118. The standard InChI is InChI=1S/C11H15N5O/c1-16(5-10(13)17)6-11-14-8-3-2-7(12)4-9(8)15-11/h2-4H,5-6,12H2,1H3,(H2,13,17)(H,14,15). The van der Waals surface area contributed by atoms with E-state index in [0.717, 1.165) is 16.9 Å². The number of fused-ring (bicyclic) bond motifs is 1. The van der Waals surface area contributed by atoms with Crippen LogP contribution in [0, 0.1) is 0 Å². The van der Waals surface area contributed by atoms with Crippen LogP contribution in [0.5, 0.6) is 0 Å². The van der Waals surface area contributed by atoms with E-state index in [1.165, 1.54) is 0 Å².